The molecule has 1 aromatic rings. The molecule has 0 heterocycles. The third kappa shape index (κ3) is 3.97. The van der Waals surface area contributed by atoms with Gasteiger partial charge in [-0.3, -0.25) is 0 Å². The van der Waals surface area contributed by atoms with Crippen molar-refractivity contribution in [2.24, 2.45) is 0 Å². The number of nitrogens with zero attached hydrogens (tertiary/aromatic N) is 1. The smallest absolute Gasteiger partial charge is 0.246 e. The molecule has 19 heavy (non-hydrogen) atoms. The van der Waals surface area contributed by atoms with Gasteiger partial charge in [-0.05, 0) is 18.6 Å². The highest BCUT2D eigenvalue weighted by Gasteiger charge is 2.28. The fourth-order valence-electron chi connectivity index (χ4n) is 1.62. The predicted octanol–water partition coefficient (Wildman–Crippen LogP) is 3.04. The van der Waals surface area contributed by atoms with Crippen LogP contribution in [0, 0.1) is 0 Å². The zero-order chi connectivity index (χ0) is 14.6. The molecule has 0 spiro atoms. The van der Waals surface area contributed by atoms with Gasteiger partial charge in [-0.1, -0.05) is 41.7 Å². The largest absolute Gasteiger partial charge is 0.395 e. The molecule has 1 rings (SSSR count). The molecule has 0 fully saturated rings. The van der Waals surface area contributed by atoms with Crippen molar-refractivity contribution in [1.29, 1.82) is 0 Å². The number of hydrogen-bond acceptors (Lipinski definition) is 3. The molecule has 4 nitrogen and oxygen atoms in total. The average molecular weight is 347 g/mol. The van der Waals surface area contributed by atoms with Crippen LogP contribution in [-0.2, 0) is 10.0 Å². The molecule has 0 aliphatic rings. The Kier molecular flexibility index (Phi) is 6.36. The number of sulfonamides is 1. The zero-order valence-electron chi connectivity index (χ0n) is 10.2. The van der Waals surface area contributed by atoms with Gasteiger partial charge in [-0.15, -0.1) is 0 Å². The molecule has 0 atom stereocenters. The lowest BCUT2D eigenvalue weighted by atomic mass is 10.4. The van der Waals surface area contributed by atoms with Crippen molar-refractivity contribution < 1.29 is 13.5 Å². The van der Waals surface area contributed by atoms with Gasteiger partial charge < -0.3 is 5.11 Å². The first-order valence-corrected chi connectivity index (χ1v) is 8.17. The van der Waals surface area contributed by atoms with E-state index in [4.69, 9.17) is 39.9 Å². The third-order valence-electron chi connectivity index (χ3n) is 2.38. The van der Waals surface area contributed by atoms with E-state index in [-0.39, 0.29) is 39.7 Å². The van der Waals surface area contributed by atoms with Crippen molar-refractivity contribution in [3.63, 3.8) is 0 Å². The van der Waals surface area contributed by atoms with Crippen LogP contribution in [0.1, 0.15) is 13.3 Å². The van der Waals surface area contributed by atoms with Crippen LogP contribution in [0.2, 0.25) is 15.1 Å². The number of halogens is 3. The van der Waals surface area contributed by atoms with Crippen molar-refractivity contribution >= 4 is 44.8 Å². The van der Waals surface area contributed by atoms with Gasteiger partial charge in [0.25, 0.3) is 0 Å². The highest BCUT2D eigenvalue weighted by atomic mass is 35.5. The molecular formula is C11H14Cl3NO3S. The van der Waals surface area contributed by atoms with Crippen LogP contribution in [0.25, 0.3) is 0 Å². The first kappa shape index (κ1) is 17.0. The Morgan fingerprint density at radius 2 is 1.68 bits per heavy atom. The average Bonchev–Trinajstić information content (AvgIpc) is 2.26. The fraction of sp³-hybridized carbons (Fsp3) is 0.455. The Balaban J connectivity index is 3.33. The summed E-state index contributed by atoms with van der Waals surface area (Å²) in [6.07, 6.45) is 0.613. The van der Waals surface area contributed by atoms with E-state index in [9.17, 15) is 8.42 Å². The van der Waals surface area contributed by atoms with Crippen molar-refractivity contribution in [2.75, 3.05) is 19.7 Å². The molecule has 0 aromatic heterocycles. The molecule has 0 amide bonds. The topological polar surface area (TPSA) is 57.6 Å². The second-order valence-electron chi connectivity index (χ2n) is 3.83. The Labute approximate surface area is 127 Å². The maximum Gasteiger partial charge on any atom is 0.246 e. The summed E-state index contributed by atoms with van der Waals surface area (Å²) in [6.45, 7) is 1.83. The summed E-state index contributed by atoms with van der Waals surface area (Å²) >= 11 is 17.6. The normalized spacial score (nSPS) is 12.1. The lowest BCUT2D eigenvalue weighted by Gasteiger charge is -2.22. The van der Waals surface area contributed by atoms with Crippen LogP contribution in [0.3, 0.4) is 0 Å². The highest BCUT2D eigenvalue weighted by Crippen LogP contribution is 2.34. The molecular weight excluding hydrogens is 333 g/mol. The first-order valence-electron chi connectivity index (χ1n) is 5.60. The molecule has 1 aromatic carbocycles. The Hall–Kier alpha value is -0.0400. The van der Waals surface area contributed by atoms with Gasteiger partial charge in [-0.25, -0.2) is 8.42 Å². The van der Waals surface area contributed by atoms with Crippen LogP contribution < -0.4 is 0 Å². The van der Waals surface area contributed by atoms with Gasteiger partial charge in [0.15, 0.2) is 0 Å². The van der Waals surface area contributed by atoms with E-state index in [1.54, 1.807) is 0 Å². The first-order chi connectivity index (χ1) is 8.84. The van der Waals surface area contributed by atoms with Gasteiger partial charge in [0, 0.05) is 18.1 Å². The number of aliphatic hydroxyl groups excluding tert-OH is 1. The SMILES string of the molecule is CCCN(CCO)S(=O)(=O)c1c(Cl)cc(Cl)cc1Cl. The van der Waals surface area contributed by atoms with E-state index >= 15 is 0 Å². The minimum absolute atomic E-state index is 0.00847. The lowest BCUT2D eigenvalue weighted by Crippen LogP contribution is -2.34. The maximum atomic E-state index is 12.5. The molecule has 108 valence electrons. The number of rotatable bonds is 6. The standard InChI is InChI=1S/C11H14Cl3NO3S/c1-2-3-15(4-5-16)19(17,18)11-9(13)6-8(12)7-10(11)14/h6-7,16H,2-5H2,1H3. The minimum Gasteiger partial charge on any atom is -0.395 e. The Morgan fingerprint density at radius 3 is 2.11 bits per heavy atom. The summed E-state index contributed by atoms with van der Waals surface area (Å²) in [7, 11) is -3.85. The van der Waals surface area contributed by atoms with E-state index in [2.05, 4.69) is 0 Å². The molecule has 0 saturated carbocycles. The fourth-order valence-corrected chi connectivity index (χ4v) is 4.63. The minimum atomic E-state index is -3.85. The van der Waals surface area contributed by atoms with Crippen LogP contribution in [0.5, 0.6) is 0 Å². The summed E-state index contributed by atoms with van der Waals surface area (Å²) in [6, 6.07) is 2.65. The molecule has 0 radical (unpaired) electrons. The van der Waals surface area contributed by atoms with Crippen LogP contribution in [0.15, 0.2) is 17.0 Å². The van der Waals surface area contributed by atoms with E-state index in [1.165, 1.54) is 12.1 Å². The monoisotopic (exact) mass is 345 g/mol. The van der Waals surface area contributed by atoms with Gasteiger partial charge in [0.1, 0.15) is 4.90 Å². The predicted molar refractivity (Wildman–Crippen MR) is 77.6 cm³/mol. The number of hydrogen-bond donors (Lipinski definition) is 1. The zero-order valence-corrected chi connectivity index (χ0v) is 13.3. The Morgan fingerprint density at radius 1 is 1.16 bits per heavy atom. The summed E-state index contributed by atoms with van der Waals surface area (Å²) in [5.41, 5.74) is 0. The van der Waals surface area contributed by atoms with Crippen molar-refractivity contribution in [1.82, 2.24) is 4.31 Å². The molecule has 1 N–H and O–H groups in total. The van der Waals surface area contributed by atoms with Crippen molar-refractivity contribution in [3.05, 3.63) is 27.2 Å². The summed E-state index contributed by atoms with van der Waals surface area (Å²) in [4.78, 5) is -0.179. The molecule has 8 heteroatoms. The van der Waals surface area contributed by atoms with Gasteiger partial charge in [-0.2, -0.15) is 4.31 Å². The van der Waals surface area contributed by atoms with Crippen LogP contribution >= 0.6 is 34.8 Å². The van der Waals surface area contributed by atoms with Crippen LogP contribution in [-0.4, -0.2) is 37.5 Å². The van der Waals surface area contributed by atoms with E-state index in [1.807, 2.05) is 6.92 Å². The molecule has 0 saturated heterocycles. The maximum absolute atomic E-state index is 12.5. The van der Waals surface area contributed by atoms with E-state index in [0.717, 1.165) is 4.31 Å². The van der Waals surface area contributed by atoms with E-state index in [0.29, 0.717) is 6.42 Å². The van der Waals surface area contributed by atoms with Crippen molar-refractivity contribution in [3.8, 4) is 0 Å². The number of aliphatic hydroxyl groups is 1. The quantitative estimate of drug-likeness (QED) is 0.861. The van der Waals surface area contributed by atoms with Crippen molar-refractivity contribution in [2.45, 2.75) is 18.2 Å². The van der Waals surface area contributed by atoms with Gasteiger partial charge in [0.2, 0.25) is 10.0 Å². The lowest BCUT2D eigenvalue weighted by molar-refractivity contribution is 0.253. The second-order valence-corrected chi connectivity index (χ2v) is 6.95. The molecule has 0 unspecified atom stereocenters. The van der Waals surface area contributed by atoms with Gasteiger partial charge >= 0.3 is 0 Å². The molecule has 0 aliphatic heterocycles. The summed E-state index contributed by atoms with van der Waals surface area (Å²) in [5, 5.41) is 9.16. The summed E-state index contributed by atoms with van der Waals surface area (Å²) < 4.78 is 26.1. The Bertz CT molecular complexity index is 519. The summed E-state index contributed by atoms with van der Waals surface area (Å²) in [5.74, 6) is 0. The molecule has 0 aliphatic carbocycles. The van der Waals surface area contributed by atoms with Crippen LogP contribution in [0.4, 0.5) is 0 Å². The van der Waals surface area contributed by atoms with Gasteiger partial charge in [0.05, 0.1) is 16.7 Å². The highest BCUT2D eigenvalue weighted by molar-refractivity contribution is 7.89. The molecule has 0 bridgehead atoms. The second kappa shape index (κ2) is 7.11. The van der Waals surface area contributed by atoms with E-state index < -0.39 is 10.0 Å². The number of benzene rings is 1. The third-order valence-corrected chi connectivity index (χ3v) is 5.42.